The number of nitrogens with zero attached hydrogens (tertiary/aromatic N) is 1. The van der Waals surface area contributed by atoms with Crippen molar-refractivity contribution in [3.8, 4) is 0 Å². The number of esters is 2. The lowest BCUT2D eigenvalue weighted by Crippen LogP contribution is -2.49. The highest BCUT2D eigenvalue weighted by molar-refractivity contribution is 5.91. The van der Waals surface area contributed by atoms with Crippen LogP contribution in [0.1, 0.15) is 24.2 Å². The van der Waals surface area contributed by atoms with Crippen molar-refractivity contribution < 1.29 is 43.7 Å². The molecular weight excluding hydrogens is 378 g/mol. The third-order valence-electron chi connectivity index (χ3n) is 4.01. The number of hydrogen-bond donors (Lipinski definition) is 2. The Morgan fingerprint density at radius 2 is 1.82 bits per heavy atom. The van der Waals surface area contributed by atoms with E-state index in [-0.39, 0.29) is 11.3 Å². The molecule has 4 atom stereocenters. The molecule has 0 spiro atoms. The topological polar surface area (TPSA) is 155 Å². The number of aliphatic hydroxyl groups excluding tert-OH is 2. The molecule has 1 aliphatic heterocycles. The van der Waals surface area contributed by atoms with Gasteiger partial charge in [0.25, 0.3) is 5.69 Å². The first-order valence-electron chi connectivity index (χ1n) is 8.27. The molecule has 1 fully saturated rings. The average molecular weight is 399 g/mol. The lowest BCUT2D eigenvalue weighted by molar-refractivity contribution is -0.384. The lowest BCUT2D eigenvalue weighted by atomic mass is 10.0. The van der Waals surface area contributed by atoms with Crippen molar-refractivity contribution in [3.05, 3.63) is 39.9 Å². The fraction of sp³-hybridized carbons (Fsp3) is 0.529. The minimum atomic E-state index is -1.61. The first kappa shape index (κ1) is 21.7. The molecule has 2 rings (SSSR count). The van der Waals surface area contributed by atoms with Crippen LogP contribution >= 0.6 is 0 Å². The molecule has 154 valence electrons. The smallest absolute Gasteiger partial charge is 0.350 e. The second-order valence-electron chi connectivity index (χ2n) is 6.47. The minimum absolute atomic E-state index is 0.0445. The maximum atomic E-state index is 12.4. The van der Waals surface area contributed by atoms with Crippen LogP contribution in [0.3, 0.4) is 0 Å². The van der Waals surface area contributed by atoms with E-state index in [0.29, 0.717) is 0 Å². The third kappa shape index (κ3) is 4.81. The molecule has 0 aromatic heterocycles. The van der Waals surface area contributed by atoms with Gasteiger partial charge in [-0.25, -0.2) is 9.59 Å². The van der Waals surface area contributed by atoms with Crippen molar-refractivity contribution in [2.75, 3.05) is 13.7 Å². The van der Waals surface area contributed by atoms with Gasteiger partial charge in [0.1, 0.15) is 18.3 Å². The Bertz CT molecular complexity index is 732. The highest BCUT2D eigenvalue weighted by Gasteiger charge is 2.52. The highest BCUT2D eigenvalue weighted by atomic mass is 16.8. The number of hydrogen-bond acceptors (Lipinski definition) is 10. The number of nitro groups is 1. The number of methoxy groups -OCH3 is 1. The van der Waals surface area contributed by atoms with Crippen LogP contribution in [0.25, 0.3) is 0 Å². The van der Waals surface area contributed by atoms with Gasteiger partial charge < -0.3 is 29.2 Å². The van der Waals surface area contributed by atoms with Crippen molar-refractivity contribution in [3.63, 3.8) is 0 Å². The Labute approximate surface area is 159 Å². The van der Waals surface area contributed by atoms with Crippen LogP contribution in [0.2, 0.25) is 0 Å². The summed E-state index contributed by atoms with van der Waals surface area (Å²) in [6.07, 6.45) is -5.45. The van der Waals surface area contributed by atoms with E-state index in [1.54, 1.807) is 0 Å². The molecule has 0 radical (unpaired) electrons. The van der Waals surface area contributed by atoms with Gasteiger partial charge in [-0.1, -0.05) is 0 Å². The third-order valence-corrected chi connectivity index (χ3v) is 4.01. The predicted octanol–water partition coefficient (Wildman–Crippen LogP) is 0.166. The molecule has 0 bridgehead atoms. The Balaban J connectivity index is 2.26. The van der Waals surface area contributed by atoms with Gasteiger partial charge in [0.05, 0.1) is 24.2 Å². The van der Waals surface area contributed by atoms with Gasteiger partial charge in [-0.05, 0) is 26.0 Å². The van der Waals surface area contributed by atoms with Gasteiger partial charge in [0.15, 0.2) is 5.79 Å². The zero-order chi connectivity index (χ0) is 21.1. The van der Waals surface area contributed by atoms with Crippen molar-refractivity contribution in [2.45, 2.75) is 44.1 Å². The van der Waals surface area contributed by atoms with E-state index >= 15 is 0 Å². The van der Waals surface area contributed by atoms with E-state index in [4.69, 9.17) is 14.2 Å². The number of carbonyl (C=O) groups is 2. The number of carbonyl (C=O) groups excluding carboxylic acids is 2. The van der Waals surface area contributed by atoms with Crippen LogP contribution in [0, 0.1) is 10.1 Å². The standard InChI is InChI=1S/C17H21NO10/c1-17(2)27-12(11(20)8-19)13(28-17)14(16(22)25-3)26-15(21)9-4-6-10(7-5-9)18(23)24/h4-7,11-14,19-20H,8H2,1-3H3/t11-,12-,13+,14-/m1/s1. The SMILES string of the molecule is COC(=O)[C@H](OC(=O)c1ccc([N+](=O)[O-])cc1)[C@H]1OC(C)(C)O[C@@H]1[C@H](O)CO. The average Bonchev–Trinajstić information content (AvgIpc) is 2.99. The minimum Gasteiger partial charge on any atom is -0.466 e. The summed E-state index contributed by atoms with van der Waals surface area (Å²) in [5.74, 6) is -3.15. The Kier molecular flexibility index (Phi) is 6.67. The molecule has 1 aliphatic rings. The van der Waals surface area contributed by atoms with Gasteiger partial charge in [-0.3, -0.25) is 10.1 Å². The van der Waals surface area contributed by atoms with E-state index in [1.165, 1.54) is 26.0 Å². The second-order valence-corrected chi connectivity index (χ2v) is 6.47. The molecule has 0 unspecified atom stereocenters. The maximum absolute atomic E-state index is 12.4. The number of nitro benzene ring substituents is 1. The summed E-state index contributed by atoms with van der Waals surface area (Å²) in [6.45, 7) is 2.37. The van der Waals surface area contributed by atoms with Crippen molar-refractivity contribution in [1.82, 2.24) is 0 Å². The van der Waals surface area contributed by atoms with Gasteiger partial charge in [-0.15, -0.1) is 0 Å². The van der Waals surface area contributed by atoms with E-state index in [9.17, 15) is 29.9 Å². The molecule has 11 nitrogen and oxygen atoms in total. The number of non-ortho nitro benzene ring substituents is 1. The predicted molar refractivity (Wildman–Crippen MR) is 91.2 cm³/mol. The normalized spacial score (nSPS) is 22.9. The lowest BCUT2D eigenvalue weighted by Gasteiger charge is -2.26. The molecule has 2 N–H and O–H groups in total. The van der Waals surface area contributed by atoms with E-state index in [1.807, 2.05) is 0 Å². The van der Waals surface area contributed by atoms with Crippen LogP contribution in [-0.4, -0.2) is 71.0 Å². The summed E-state index contributed by atoms with van der Waals surface area (Å²) < 4.78 is 21.0. The van der Waals surface area contributed by atoms with Crippen LogP contribution in [0.5, 0.6) is 0 Å². The second kappa shape index (κ2) is 8.61. The van der Waals surface area contributed by atoms with Gasteiger partial charge in [-0.2, -0.15) is 0 Å². The zero-order valence-corrected chi connectivity index (χ0v) is 15.4. The molecule has 11 heteroatoms. The van der Waals surface area contributed by atoms with Crippen LogP contribution in [-0.2, 0) is 23.7 Å². The Hall–Kier alpha value is -2.60. The zero-order valence-electron chi connectivity index (χ0n) is 15.4. The summed E-state index contributed by atoms with van der Waals surface area (Å²) in [6, 6.07) is 4.57. The fourth-order valence-corrected chi connectivity index (χ4v) is 2.72. The van der Waals surface area contributed by atoms with Crippen LogP contribution < -0.4 is 0 Å². The molecule has 0 saturated carbocycles. The van der Waals surface area contributed by atoms with Crippen molar-refractivity contribution in [2.24, 2.45) is 0 Å². The van der Waals surface area contributed by atoms with Crippen LogP contribution in [0.4, 0.5) is 5.69 Å². The molecule has 1 aromatic carbocycles. The van der Waals surface area contributed by atoms with Gasteiger partial charge >= 0.3 is 11.9 Å². The highest BCUT2D eigenvalue weighted by Crippen LogP contribution is 2.33. The molecule has 1 aromatic rings. The van der Waals surface area contributed by atoms with E-state index in [2.05, 4.69) is 4.74 Å². The van der Waals surface area contributed by atoms with Gasteiger partial charge in [0.2, 0.25) is 6.10 Å². The Morgan fingerprint density at radius 3 is 2.32 bits per heavy atom. The maximum Gasteiger partial charge on any atom is 0.350 e. The molecule has 0 amide bonds. The monoisotopic (exact) mass is 399 g/mol. The summed E-state index contributed by atoms with van der Waals surface area (Å²) in [5.41, 5.74) is -0.265. The first-order chi connectivity index (χ1) is 13.1. The fourth-order valence-electron chi connectivity index (χ4n) is 2.72. The quantitative estimate of drug-likeness (QED) is 0.368. The summed E-state index contributed by atoms with van der Waals surface area (Å²) >= 11 is 0. The molecular formula is C17H21NO10. The van der Waals surface area contributed by atoms with Crippen molar-refractivity contribution >= 4 is 17.6 Å². The number of benzene rings is 1. The van der Waals surface area contributed by atoms with E-state index < -0.39 is 53.7 Å². The first-order valence-corrected chi connectivity index (χ1v) is 8.27. The molecule has 0 aliphatic carbocycles. The summed E-state index contributed by atoms with van der Waals surface area (Å²) in [4.78, 5) is 34.7. The number of rotatable bonds is 7. The van der Waals surface area contributed by atoms with Crippen molar-refractivity contribution in [1.29, 1.82) is 0 Å². The summed E-state index contributed by atoms with van der Waals surface area (Å²) in [7, 11) is 1.08. The molecule has 28 heavy (non-hydrogen) atoms. The number of aliphatic hydroxyl groups is 2. The molecule has 1 heterocycles. The van der Waals surface area contributed by atoms with Crippen LogP contribution in [0.15, 0.2) is 24.3 Å². The number of ether oxygens (including phenoxy) is 4. The van der Waals surface area contributed by atoms with E-state index in [0.717, 1.165) is 19.2 Å². The molecule has 1 saturated heterocycles. The largest absolute Gasteiger partial charge is 0.466 e. The summed E-state index contributed by atoms with van der Waals surface area (Å²) in [5, 5.41) is 29.9. The Morgan fingerprint density at radius 1 is 1.25 bits per heavy atom. The van der Waals surface area contributed by atoms with Gasteiger partial charge in [0, 0.05) is 12.1 Å².